The van der Waals surface area contributed by atoms with Gasteiger partial charge >= 0.3 is 0 Å². The van der Waals surface area contributed by atoms with Crippen molar-refractivity contribution in [1.29, 1.82) is 0 Å². The second-order valence-corrected chi connectivity index (χ2v) is 4.99. The summed E-state index contributed by atoms with van der Waals surface area (Å²) in [5.74, 6) is 0. The van der Waals surface area contributed by atoms with Crippen LogP contribution in [-0.4, -0.2) is 11.5 Å². The molecule has 0 fully saturated rings. The van der Waals surface area contributed by atoms with E-state index in [0.29, 0.717) is 0 Å². The molecule has 0 heterocycles. The van der Waals surface area contributed by atoms with Crippen molar-refractivity contribution in [1.82, 2.24) is 0 Å². The Kier molecular flexibility index (Phi) is 3.61. The standard InChI is InChI=1S/C9H11NO4P/c1-3-14-15(2,13)9-6-4-5-8(7-9)10(11)12/h4-7H,2-3H2,1H3. The van der Waals surface area contributed by atoms with Crippen molar-refractivity contribution in [3.8, 4) is 0 Å². The van der Waals surface area contributed by atoms with Crippen molar-refractivity contribution >= 4 is 18.4 Å². The van der Waals surface area contributed by atoms with Crippen LogP contribution in [0.15, 0.2) is 24.3 Å². The van der Waals surface area contributed by atoms with Gasteiger partial charge in [0.2, 0.25) is 7.37 Å². The zero-order valence-corrected chi connectivity index (χ0v) is 9.15. The maximum Gasteiger partial charge on any atom is 0.270 e. The van der Waals surface area contributed by atoms with Crippen molar-refractivity contribution in [2.24, 2.45) is 0 Å². The smallest absolute Gasteiger partial charge is 0.270 e. The van der Waals surface area contributed by atoms with Crippen molar-refractivity contribution < 1.29 is 14.0 Å². The third-order valence-electron chi connectivity index (χ3n) is 1.77. The summed E-state index contributed by atoms with van der Waals surface area (Å²) in [4.78, 5) is 9.95. The summed E-state index contributed by atoms with van der Waals surface area (Å²) in [5, 5.41) is 10.8. The highest BCUT2D eigenvalue weighted by atomic mass is 31.2. The molecule has 1 aromatic carbocycles. The molecular weight excluding hydrogens is 217 g/mol. The van der Waals surface area contributed by atoms with Crippen molar-refractivity contribution in [2.45, 2.75) is 6.92 Å². The van der Waals surface area contributed by atoms with Crippen LogP contribution >= 0.6 is 7.37 Å². The number of non-ortho nitro benzene ring substituents is 1. The molecule has 6 heteroatoms. The third kappa shape index (κ3) is 2.88. The molecule has 81 valence electrons. The predicted molar refractivity (Wildman–Crippen MR) is 57.3 cm³/mol. The molecule has 0 aliphatic carbocycles. The van der Waals surface area contributed by atoms with Gasteiger partial charge in [0.15, 0.2) is 0 Å². The molecule has 0 aromatic heterocycles. The average Bonchev–Trinajstić information content (AvgIpc) is 2.18. The monoisotopic (exact) mass is 228 g/mol. The van der Waals surface area contributed by atoms with Crippen LogP contribution in [0.1, 0.15) is 6.92 Å². The van der Waals surface area contributed by atoms with Crippen molar-refractivity contribution in [3.05, 3.63) is 41.0 Å². The van der Waals surface area contributed by atoms with Crippen molar-refractivity contribution in [2.75, 3.05) is 6.61 Å². The van der Waals surface area contributed by atoms with Gasteiger partial charge in [-0.25, -0.2) is 0 Å². The molecule has 1 unspecified atom stereocenters. The highest BCUT2D eigenvalue weighted by Gasteiger charge is 2.20. The molecule has 0 amide bonds. The SMILES string of the molecule is [CH2]P(=O)(OCC)c1cccc([N+](=O)[O-])c1. The summed E-state index contributed by atoms with van der Waals surface area (Å²) in [6, 6.07) is 5.53. The fraction of sp³-hybridized carbons (Fsp3) is 0.222. The van der Waals surface area contributed by atoms with Crippen LogP contribution in [-0.2, 0) is 9.09 Å². The number of hydrogen-bond donors (Lipinski definition) is 0. The first-order valence-corrected chi connectivity index (χ1v) is 6.12. The maximum atomic E-state index is 11.8. The summed E-state index contributed by atoms with van der Waals surface area (Å²) in [6.45, 7) is 5.38. The van der Waals surface area contributed by atoms with E-state index < -0.39 is 12.3 Å². The van der Waals surface area contributed by atoms with Crippen LogP contribution in [0, 0.1) is 16.8 Å². The molecule has 15 heavy (non-hydrogen) atoms. The van der Waals surface area contributed by atoms with Gasteiger partial charge in [-0.05, 0) is 13.0 Å². The molecule has 0 saturated heterocycles. The second-order valence-electron chi connectivity index (χ2n) is 2.87. The second kappa shape index (κ2) is 4.55. The minimum Gasteiger partial charge on any atom is -0.326 e. The Morgan fingerprint density at radius 2 is 2.27 bits per heavy atom. The molecule has 1 radical (unpaired) electrons. The Balaban J connectivity index is 3.10. The van der Waals surface area contributed by atoms with E-state index in [9.17, 15) is 14.7 Å². The highest BCUT2D eigenvalue weighted by Crippen LogP contribution is 2.43. The lowest BCUT2D eigenvalue weighted by molar-refractivity contribution is -0.384. The van der Waals surface area contributed by atoms with E-state index in [1.165, 1.54) is 24.3 Å². The first-order chi connectivity index (χ1) is 6.97. The molecule has 1 atom stereocenters. The summed E-state index contributed by atoms with van der Waals surface area (Å²) < 4.78 is 16.8. The molecule has 0 aliphatic heterocycles. The van der Waals surface area contributed by atoms with E-state index in [-0.39, 0.29) is 17.6 Å². The molecule has 0 aliphatic rings. The molecule has 0 N–H and O–H groups in total. The quantitative estimate of drug-likeness (QED) is 0.450. The van der Waals surface area contributed by atoms with Gasteiger partial charge in [0, 0.05) is 24.1 Å². The van der Waals surface area contributed by atoms with Gasteiger partial charge in [0.05, 0.1) is 11.5 Å². The number of nitro benzene ring substituents is 1. The minimum absolute atomic E-state index is 0.115. The highest BCUT2D eigenvalue weighted by molar-refractivity contribution is 7.68. The van der Waals surface area contributed by atoms with E-state index in [1.807, 2.05) is 0 Å². The Bertz CT molecular complexity index is 418. The average molecular weight is 228 g/mol. The van der Waals surface area contributed by atoms with E-state index >= 15 is 0 Å². The summed E-state index contributed by atoms with van der Waals surface area (Å²) in [6.07, 6.45) is 0. The largest absolute Gasteiger partial charge is 0.326 e. The number of nitro groups is 1. The van der Waals surface area contributed by atoms with Gasteiger partial charge in [0.1, 0.15) is 0 Å². The minimum atomic E-state index is -3.17. The van der Waals surface area contributed by atoms with E-state index in [0.717, 1.165) is 0 Å². The summed E-state index contributed by atoms with van der Waals surface area (Å²) in [7, 11) is -3.17. The molecule has 5 nitrogen and oxygen atoms in total. The lowest BCUT2D eigenvalue weighted by Gasteiger charge is -2.11. The predicted octanol–water partition coefficient (Wildman–Crippen LogP) is 2.33. The first-order valence-electron chi connectivity index (χ1n) is 4.31. The molecule has 1 rings (SSSR count). The number of hydrogen-bond acceptors (Lipinski definition) is 4. The van der Waals surface area contributed by atoms with Gasteiger partial charge in [-0.1, -0.05) is 6.07 Å². The molecular formula is C9H11NO4P. The van der Waals surface area contributed by atoms with Crippen LogP contribution in [0.4, 0.5) is 5.69 Å². The third-order valence-corrected chi connectivity index (χ3v) is 3.51. The summed E-state index contributed by atoms with van der Waals surface area (Å²) >= 11 is 0. The molecule has 1 aromatic rings. The van der Waals surface area contributed by atoms with E-state index in [1.54, 1.807) is 6.92 Å². The zero-order valence-electron chi connectivity index (χ0n) is 8.25. The normalized spacial score (nSPS) is 14.5. The van der Waals surface area contributed by atoms with E-state index in [2.05, 4.69) is 6.66 Å². The van der Waals surface area contributed by atoms with Gasteiger partial charge in [-0.2, -0.15) is 0 Å². The lowest BCUT2D eigenvalue weighted by Crippen LogP contribution is -2.06. The fourth-order valence-electron chi connectivity index (χ4n) is 1.10. The van der Waals surface area contributed by atoms with Gasteiger partial charge < -0.3 is 4.52 Å². The van der Waals surface area contributed by atoms with Crippen LogP contribution in [0.3, 0.4) is 0 Å². The van der Waals surface area contributed by atoms with Gasteiger partial charge in [-0.15, -0.1) is 0 Å². The zero-order chi connectivity index (χ0) is 11.5. The fourth-order valence-corrected chi connectivity index (χ4v) is 2.31. The number of rotatable bonds is 4. The number of benzene rings is 1. The molecule has 0 bridgehead atoms. The van der Waals surface area contributed by atoms with Crippen molar-refractivity contribution in [3.63, 3.8) is 0 Å². The van der Waals surface area contributed by atoms with Gasteiger partial charge in [-0.3, -0.25) is 14.7 Å². The molecule has 0 saturated carbocycles. The van der Waals surface area contributed by atoms with Crippen LogP contribution < -0.4 is 5.30 Å². The van der Waals surface area contributed by atoms with Crippen LogP contribution in [0.5, 0.6) is 0 Å². The number of nitrogens with zero attached hydrogens (tertiary/aromatic N) is 1. The van der Waals surface area contributed by atoms with Crippen LogP contribution in [0.2, 0.25) is 0 Å². The Labute approximate surface area is 87.7 Å². The summed E-state index contributed by atoms with van der Waals surface area (Å²) in [5.41, 5.74) is -0.115. The lowest BCUT2D eigenvalue weighted by atomic mass is 10.3. The molecule has 0 spiro atoms. The van der Waals surface area contributed by atoms with Crippen LogP contribution in [0.25, 0.3) is 0 Å². The topological polar surface area (TPSA) is 69.4 Å². The Morgan fingerprint density at radius 1 is 1.60 bits per heavy atom. The Morgan fingerprint density at radius 3 is 2.80 bits per heavy atom. The van der Waals surface area contributed by atoms with Gasteiger partial charge in [0.25, 0.3) is 5.69 Å². The van der Waals surface area contributed by atoms with E-state index in [4.69, 9.17) is 4.52 Å². The Hall–Kier alpha value is -1.19. The maximum absolute atomic E-state index is 11.8. The first kappa shape index (κ1) is 11.9.